The van der Waals surface area contributed by atoms with Crippen LogP contribution in [0.25, 0.3) is 0 Å². The Balaban J connectivity index is 1.32. The molecule has 1 unspecified atom stereocenters. The summed E-state index contributed by atoms with van der Waals surface area (Å²) >= 11 is 0. The molecule has 3 aliphatic heterocycles. The summed E-state index contributed by atoms with van der Waals surface area (Å²) in [5.41, 5.74) is 3.49. The topological polar surface area (TPSA) is 68.7 Å². The molecule has 1 atom stereocenters. The van der Waals surface area contributed by atoms with E-state index in [1.807, 2.05) is 18.5 Å². The Kier molecular flexibility index (Phi) is 4.03. The molecule has 7 heteroatoms. The summed E-state index contributed by atoms with van der Waals surface area (Å²) in [5, 5.41) is 6.90. The van der Waals surface area contributed by atoms with Gasteiger partial charge >= 0.3 is 0 Å². The van der Waals surface area contributed by atoms with Gasteiger partial charge in [-0.3, -0.25) is 9.89 Å². The lowest BCUT2D eigenvalue weighted by atomic mass is 10.1. The lowest BCUT2D eigenvalue weighted by Crippen LogP contribution is -2.61. The van der Waals surface area contributed by atoms with E-state index in [2.05, 4.69) is 48.6 Å². The normalized spacial score (nSPS) is 22.2. The van der Waals surface area contributed by atoms with E-state index in [0.717, 1.165) is 63.3 Å². The maximum atomic E-state index is 4.75. The minimum absolute atomic E-state index is 0.550. The summed E-state index contributed by atoms with van der Waals surface area (Å²) in [6.45, 7) is 7.11. The van der Waals surface area contributed by atoms with Gasteiger partial charge in [0, 0.05) is 63.4 Å². The van der Waals surface area contributed by atoms with Crippen LogP contribution in [0.1, 0.15) is 11.1 Å². The van der Waals surface area contributed by atoms with E-state index in [0.29, 0.717) is 6.04 Å². The number of nitrogens with zero attached hydrogens (tertiary/aromatic N) is 5. The molecule has 0 saturated carbocycles. The van der Waals surface area contributed by atoms with Crippen molar-refractivity contribution >= 4 is 23.7 Å². The van der Waals surface area contributed by atoms with Gasteiger partial charge in [0.2, 0.25) is 5.95 Å². The average molecular weight is 349 g/mol. The number of hydrogen-bond donors (Lipinski definition) is 2. The molecule has 1 aromatic heterocycles. The van der Waals surface area contributed by atoms with Gasteiger partial charge in [-0.05, 0) is 29.3 Å². The van der Waals surface area contributed by atoms with Gasteiger partial charge in [0.05, 0.1) is 6.54 Å². The zero-order valence-electron chi connectivity index (χ0n) is 14.7. The van der Waals surface area contributed by atoms with Gasteiger partial charge in [-0.25, -0.2) is 4.98 Å². The molecule has 26 heavy (non-hydrogen) atoms. The van der Waals surface area contributed by atoms with Crippen molar-refractivity contribution in [1.29, 1.82) is 0 Å². The van der Waals surface area contributed by atoms with Crippen LogP contribution in [0.3, 0.4) is 0 Å². The Morgan fingerprint density at radius 1 is 1.15 bits per heavy atom. The number of aliphatic imine (C=N–C) groups is 1. The summed E-state index contributed by atoms with van der Waals surface area (Å²) in [6, 6.07) is 8.81. The number of rotatable bonds is 3. The van der Waals surface area contributed by atoms with Gasteiger partial charge in [-0.15, -0.1) is 0 Å². The van der Waals surface area contributed by atoms with Crippen LogP contribution >= 0.6 is 0 Å². The zero-order valence-corrected chi connectivity index (χ0v) is 14.7. The molecule has 0 bridgehead atoms. The van der Waals surface area contributed by atoms with Crippen LogP contribution in [-0.4, -0.2) is 66.4 Å². The van der Waals surface area contributed by atoms with Gasteiger partial charge in [0.1, 0.15) is 5.82 Å². The second kappa shape index (κ2) is 6.66. The first-order chi connectivity index (χ1) is 12.8. The molecule has 7 nitrogen and oxygen atoms in total. The van der Waals surface area contributed by atoms with E-state index in [-0.39, 0.29) is 0 Å². The number of benzene rings is 1. The number of nitrogens with one attached hydrogen (secondary N) is 2. The molecule has 2 saturated heterocycles. The first-order valence-electron chi connectivity index (χ1n) is 9.28. The second-order valence-electron chi connectivity index (χ2n) is 7.09. The van der Waals surface area contributed by atoms with Crippen molar-refractivity contribution < 1.29 is 0 Å². The first kappa shape index (κ1) is 15.7. The summed E-state index contributed by atoms with van der Waals surface area (Å²) in [7, 11) is 0. The van der Waals surface area contributed by atoms with Crippen molar-refractivity contribution in [2.75, 3.05) is 49.5 Å². The third kappa shape index (κ3) is 3.04. The Morgan fingerprint density at radius 2 is 2.15 bits per heavy atom. The standard InChI is InChI=1S/C19H23N7/c1-2-16(9-15-11-21-10-14(1)15)23-18-3-4-22-19(24-18)26-8-7-25-6-5-20-12-17(25)13-26/h1-4,9,11,17,20H,5-8,10,12-13H2,(H,22,23,24). The van der Waals surface area contributed by atoms with Crippen LogP contribution in [-0.2, 0) is 6.54 Å². The molecule has 5 rings (SSSR count). The fraction of sp³-hybridized carbons (Fsp3) is 0.421. The molecule has 0 spiro atoms. The van der Waals surface area contributed by atoms with Crippen molar-refractivity contribution in [1.82, 2.24) is 20.2 Å². The molecule has 0 aliphatic carbocycles. The fourth-order valence-corrected chi connectivity index (χ4v) is 3.95. The number of hydrogen-bond acceptors (Lipinski definition) is 7. The van der Waals surface area contributed by atoms with Crippen molar-refractivity contribution in [3.63, 3.8) is 0 Å². The van der Waals surface area contributed by atoms with E-state index >= 15 is 0 Å². The maximum absolute atomic E-state index is 4.75. The Labute approximate surface area is 153 Å². The molecule has 134 valence electrons. The van der Waals surface area contributed by atoms with E-state index in [4.69, 9.17) is 4.98 Å². The lowest BCUT2D eigenvalue weighted by Gasteiger charge is -2.44. The summed E-state index contributed by atoms with van der Waals surface area (Å²) in [4.78, 5) is 18.5. The highest BCUT2D eigenvalue weighted by molar-refractivity contribution is 5.86. The van der Waals surface area contributed by atoms with Gasteiger partial charge in [0.25, 0.3) is 0 Å². The van der Waals surface area contributed by atoms with E-state index < -0.39 is 0 Å². The molecule has 2 fully saturated rings. The Morgan fingerprint density at radius 3 is 3.15 bits per heavy atom. The maximum Gasteiger partial charge on any atom is 0.227 e. The third-order valence-corrected chi connectivity index (χ3v) is 5.40. The van der Waals surface area contributed by atoms with Crippen LogP contribution in [0.4, 0.5) is 17.5 Å². The largest absolute Gasteiger partial charge is 0.340 e. The minimum atomic E-state index is 0.550. The van der Waals surface area contributed by atoms with Gasteiger partial charge in [-0.1, -0.05) is 6.07 Å². The molecule has 1 aromatic carbocycles. The van der Waals surface area contributed by atoms with E-state index in [1.54, 1.807) is 0 Å². The highest BCUT2D eigenvalue weighted by Gasteiger charge is 2.29. The quantitative estimate of drug-likeness (QED) is 0.869. The molecule has 0 radical (unpaired) electrons. The van der Waals surface area contributed by atoms with Crippen molar-refractivity contribution in [3.8, 4) is 0 Å². The van der Waals surface area contributed by atoms with Crippen LogP contribution in [0.15, 0.2) is 35.5 Å². The number of piperazine rings is 2. The third-order valence-electron chi connectivity index (χ3n) is 5.40. The zero-order chi connectivity index (χ0) is 17.3. The molecule has 2 aromatic rings. The van der Waals surface area contributed by atoms with Crippen molar-refractivity contribution in [2.24, 2.45) is 4.99 Å². The highest BCUT2D eigenvalue weighted by atomic mass is 15.4. The van der Waals surface area contributed by atoms with Crippen molar-refractivity contribution in [3.05, 3.63) is 41.6 Å². The monoisotopic (exact) mass is 349 g/mol. The molecule has 4 heterocycles. The van der Waals surface area contributed by atoms with Gasteiger partial charge in [-0.2, -0.15) is 4.98 Å². The lowest BCUT2D eigenvalue weighted by molar-refractivity contribution is 0.145. The molecule has 3 aliphatic rings. The molecule has 0 amide bonds. The average Bonchev–Trinajstić information content (AvgIpc) is 3.16. The fourth-order valence-electron chi connectivity index (χ4n) is 3.95. The van der Waals surface area contributed by atoms with Crippen LogP contribution in [0.2, 0.25) is 0 Å². The number of aromatic nitrogens is 2. The minimum Gasteiger partial charge on any atom is -0.340 e. The van der Waals surface area contributed by atoms with Crippen LogP contribution in [0.5, 0.6) is 0 Å². The predicted octanol–water partition coefficient (Wildman–Crippen LogP) is 1.25. The predicted molar refractivity (Wildman–Crippen MR) is 103 cm³/mol. The molecular weight excluding hydrogens is 326 g/mol. The Bertz CT molecular complexity index is 834. The number of fused-ring (bicyclic) bond motifs is 2. The van der Waals surface area contributed by atoms with Crippen LogP contribution < -0.4 is 15.5 Å². The first-order valence-corrected chi connectivity index (χ1v) is 9.28. The molecule has 2 N–H and O–H groups in total. The number of anilines is 3. The molecular formula is C19H23N7. The van der Waals surface area contributed by atoms with E-state index in [1.165, 1.54) is 11.1 Å². The van der Waals surface area contributed by atoms with Gasteiger partial charge in [0.15, 0.2) is 0 Å². The van der Waals surface area contributed by atoms with Crippen molar-refractivity contribution in [2.45, 2.75) is 12.6 Å². The summed E-state index contributed by atoms with van der Waals surface area (Å²) in [6.07, 6.45) is 3.77. The Hall–Kier alpha value is -2.51. The SMILES string of the molecule is C1=NCc2ccc(Nc3ccnc(N4CCN5CCNCC5C4)n3)cc21. The summed E-state index contributed by atoms with van der Waals surface area (Å²) in [5.74, 6) is 1.64. The van der Waals surface area contributed by atoms with Gasteiger partial charge < -0.3 is 15.5 Å². The highest BCUT2D eigenvalue weighted by Crippen LogP contribution is 2.23. The second-order valence-corrected chi connectivity index (χ2v) is 7.09. The summed E-state index contributed by atoms with van der Waals surface area (Å²) < 4.78 is 0. The van der Waals surface area contributed by atoms with Crippen LogP contribution in [0, 0.1) is 0 Å². The van der Waals surface area contributed by atoms with E-state index in [9.17, 15) is 0 Å². The smallest absolute Gasteiger partial charge is 0.227 e.